The molecule has 0 N–H and O–H groups in total. The minimum Gasteiger partial charge on any atom is -0.463 e. The number of hydrogen-bond acceptors (Lipinski definition) is 11. The fourth-order valence-electron chi connectivity index (χ4n) is 3.61. The number of hydrogen-bond donors (Lipinski definition) is 0. The Labute approximate surface area is 257 Å². The van der Waals surface area contributed by atoms with Crippen LogP contribution in [0.4, 0.5) is 0 Å². The maximum atomic E-state index is 11.8. The van der Waals surface area contributed by atoms with Crippen LogP contribution in [-0.2, 0) is 47.4 Å². The quantitative estimate of drug-likeness (QED) is 0.0856. The van der Waals surface area contributed by atoms with Crippen molar-refractivity contribution < 1.29 is 52.2 Å². The minimum atomic E-state index is -0.357. The van der Waals surface area contributed by atoms with Gasteiger partial charge in [0.2, 0.25) is 0 Å². The van der Waals surface area contributed by atoms with E-state index in [9.17, 15) is 9.59 Å². The molecule has 0 atom stereocenters. The van der Waals surface area contributed by atoms with E-state index in [-0.39, 0.29) is 25.2 Å². The molecule has 0 fully saturated rings. The Hall–Kier alpha value is -2.12. The lowest BCUT2D eigenvalue weighted by molar-refractivity contribution is -0.145. The first-order valence-corrected chi connectivity index (χ1v) is 15.7. The van der Waals surface area contributed by atoms with Crippen molar-refractivity contribution in [2.75, 3.05) is 106 Å². The highest BCUT2D eigenvalue weighted by Gasteiger charge is 2.05. The summed E-state index contributed by atoms with van der Waals surface area (Å²) in [6.07, 6.45) is 7.41. The van der Waals surface area contributed by atoms with Crippen LogP contribution in [0, 0.1) is 0 Å². The maximum absolute atomic E-state index is 11.8. The molecule has 1 rings (SSSR count). The van der Waals surface area contributed by atoms with Gasteiger partial charge in [0.1, 0.15) is 13.2 Å². The predicted octanol–water partition coefficient (Wildman–Crippen LogP) is 4.25. The molecule has 0 heterocycles. The third-order valence-electron chi connectivity index (χ3n) is 5.93. The molecule has 0 saturated carbocycles. The number of benzene rings is 1. The number of ether oxygens (including phenoxy) is 9. The lowest BCUT2D eigenvalue weighted by atomic mass is 10.1. The lowest BCUT2D eigenvalue weighted by Crippen LogP contribution is -2.15. The van der Waals surface area contributed by atoms with E-state index in [1.165, 1.54) is 25.7 Å². The number of carbonyl (C=O) groups excluding carboxylic acids is 2. The van der Waals surface area contributed by atoms with Crippen molar-refractivity contribution in [1.29, 1.82) is 0 Å². The Balaban J connectivity index is 1.67. The van der Waals surface area contributed by atoms with E-state index in [4.69, 9.17) is 42.6 Å². The Morgan fingerprint density at radius 2 is 0.837 bits per heavy atom. The molecule has 0 spiro atoms. The van der Waals surface area contributed by atoms with Crippen molar-refractivity contribution in [2.45, 2.75) is 51.9 Å². The molecule has 0 saturated heterocycles. The zero-order valence-electron chi connectivity index (χ0n) is 26.1. The first-order chi connectivity index (χ1) is 21.2. The Morgan fingerprint density at radius 1 is 0.465 bits per heavy atom. The fraction of sp³-hybridized carbons (Fsp3) is 0.750. The van der Waals surface area contributed by atoms with Crippen LogP contribution in [0.5, 0.6) is 0 Å². The second-order valence-electron chi connectivity index (χ2n) is 9.53. The molecule has 1 aromatic carbocycles. The summed E-state index contributed by atoms with van der Waals surface area (Å²) in [6, 6.07) is 8.85. The van der Waals surface area contributed by atoms with Gasteiger partial charge in [-0.05, 0) is 18.6 Å². The highest BCUT2D eigenvalue weighted by molar-refractivity contribution is 5.89. The van der Waals surface area contributed by atoms with Crippen LogP contribution in [0.3, 0.4) is 0 Å². The molecule has 0 aliphatic carbocycles. The van der Waals surface area contributed by atoms with E-state index in [1.54, 1.807) is 24.3 Å². The Morgan fingerprint density at radius 3 is 1.28 bits per heavy atom. The van der Waals surface area contributed by atoms with Gasteiger partial charge in [0.05, 0.1) is 98.1 Å². The van der Waals surface area contributed by atoms with E-state index in [0.29, 0.717) is 104 Å². The zero-order valence-corrected chi connectivity index (χ0v) is 26.1. The van der Waals surface area contributed by atoms with Crippen molar-refractivity contribution in [3.8, 4) is 0 Å². The van der Waals surface area contributed by atoms with Gasteiger partial charge < -0.3 is 42.6 Å². The molecule has 0 aliphatic rings. The summed E-state index contributed by atoms with van der Waals surface area (Å²) in [7, 11) is 0. The molecule has 0 bridgehead atoms. The van der Waals surface area contributed by atoms with Crippen LogP contribution in [-0.4, -0.2) is 118 Å². The van der Waals surface area contributed by atoms with E-state index in [0.717, 1.165) is 12.8 Å². The van der Waals surface area contributed by atoms with Gasteiger partial charge in [0.15, 0.2) is 0 Å². The van der Waals surface area contributed by atoms with Gasteiger partial charge in [-0.3, -0.25) is 4.79 Å². The molecule has 43 heavy (non-hydrogen) atoms. The fourth-order valence-corrected chi connectivity index (χ4v) is 3.61. The molecule has 0 radical (unpaired) electrons. The summed E-state index contributed by atoms with van der Waals surface area (Å²) >= 11 is 0. The second-order valence-corrected chi connectivity index (χ2v) is 9.53. The molecule has 11 heteroatoms. The van der Waals surface area contributed by atoms with Gasteiger partial charge in [-0.2, -0.15) is 0 Å². The van der Waals surface area contributed by atoms with Crippen molar-refractivity contribution in [2.24, 2.45) is 0 Å². The van der Waals surface area contributed by atoms with E-state index in [2.05, 4.69) is 6.92 Å². The average molecular weight is 615 g/mol. The van der Waals surface area contributed by atoms with E-state index >= 15 is 0 Å². The summed E-state index contributed by atoms with van der Waals surface area (Å²) in [5, 5.41) is 0. The van der Waals surface area contributed by atoms with Crippen LogP contribution in [0.2, 0.25) is 0 Å². The summed E-state index contributed by atoms with van der Waals surface area (Å²) in [4.78, 5) is 23.4. The summed E-state index contributed by atoms with van der Waals surface area (Å²) in [5.41, 5.74) is 0.525. The Kier molecular flexibility index (Phi) is 28.3. The van der Waals surface area contributed by atoms with Crippen LogP contribution in [0.1, 0.15) is 62.2 Å². The highest BCUT2D eigenvalue weighted by Crippen LogP contribution is 2.07. The van der Waals surface area contributed by atoms with E-state index < -0.39 is 0 Å². The topological polar surface area (TPSA) is 117 Å². The molecule has 0 amide bonds. The number of unbranched alkanes of at least 4 members (excludes halogenated alkanes) is 5. The number of esters is 2. The van der Waals surface area contributed by atoms with Gasteiger partial charge >= 0.3 is 11.9 Å². The lowest BCUT2D eigenvalue weighted by Gasteiger charge is -2.09. The van der Waals surface area contributed by atoms with Gasteiger partial charge in [-0.25, -0.2) is 4.79 Å². The highest BCUT2D eigenvalue weighted by atomic mass is 16.6. The summed E-state index contributed by atoms with van der Waals surface area (Å²) in [5.74, 6) is -0.504. The summed E-state index contributed by atoms with van der Waals surface area (Å²) < 4.78 is 48.3. The van der Waals surface area contributed by atoms with Crippen LogP contribution >= 0.6 is 0 Å². The second kappa shape index (κ2) is 31.3. The largest absolute Gasteiger partial charge is 0.463 e. The van der Waals surface area contributed by atoms with Crippen LogP contribution < -0.4 is 0 Å². The molecular formula is C32H54O11. The first kappa shape index (κ1) is 38.9. The van der Waals surface area contributed by atoms with E-state index in [1.807, 2.05) is 6.07 Å². The van der Waals surface area contributed by atoms with Crippen LogP contribution in [0.25, 0.3) is 0 Å². The first-order valence-electron chi connectivity index (χ1n) is 15.7. The predicted molar refractivity (Wildman–Crippen MR) is 161 cm³/mol. The standard InChI is InChI=1S/C32H54O11/c1-2-3-4-5-6-10-13-31(33)42-28-26-40-24-22-38-20-18-36-16-14-35-15-17-37-19-21-39-23-25-41-27-29-43-32(34)30-11-8-7-9-12-30/h7-9,11-12H,2-6,10,13-29H2,1H3. The van der Waals surface area contributed by atoms with Gasteiger partial charge in [-0.15, -0.1) is 0 Å². The molecular weight excluding hydrogens is 560 g/mol. The molecule has 0 aromatic heterocycles. The third-order valence-corrected chi connectivity index (χ3v) is 5.93. The van der Waals surface area contributed by atoms with Crippen LogP contribution in [0.15, 0.2) is 30.3 Å². The van der Waals surface area contributed by atoms with Crippen molar-refractivity contribution in [3.05, 3.63) is 35.9 Å². The van der Waals surface area contributed by atoms with Gasteiger partial charge in [0.25, 0.3) is 0 Å². The van der Waals surface area contributed by atoms with Crippen molar-refractivity contribution in [1.82, 2.24) is 0 Å². The van der Waals surface area contributed by atoms with Crippen molar-refractivity contribution in [3.63, 3.8) is 0 Å². The molecule has 11 nitrogen and oxygen atoms in total. The molecule has 248 valence electrons. The van der Waals surface area contributed by atoms with Crippen molar-refractivity contribution >= 4 is 11.9 Å². The summed E-state index contributed by atoms with van der Waals surface area (Å²) in [6.45, 7) is 8.98. The average Bonchev–Trinajstić information content (AvgIpc) is 3.03. The zero-order chi connectivity index (χ0) is 30.9. The Bertz CT molecular complexity index is 748. The minimum absolute atomic E-state index is 0.147. The van der Waals surface area contributed by atoms with Gasteiger partial charge in [0, 0.05) is 6.42 Å². The number of carbonyl (C=O) groups is 2. The molecule has 0 aliphatic heterocycles. The number of rotatable bonds is 32. The molecule has 0 unspecified atom stereocenters. The SMILES string of the molecule is CCCCCCCCC(=O)OCCOCCOCCOCCOCCOCCOCCOCCOC(=O)c1ccccc1. The maximum Gasteiger partial charge on any atom is 0.338 e. The third kappa shape index (κ3) is 27.2. The monoisotopic (exact) mass is 614 g/mol. The molecule has 1 aromatic rings. The normalized spacial score (nSPS) is 11.1. The smallest absolute Gasteiger partial charge is 0.338 e. The van der Waals surface area contributed by atoms with Gasteiger partial charge in [-0.1, -0.05) is 57.2 Å².